The van der Waals surface area contributed by atoms with Gasteiger partial charge >= 0.3 is 0 Å². The Morgan fingerprint density at radius 2 is 1.83 bits per heavy atom. The van der Waals surface area contributed by atoms with E-state index < -0.39 is 0 Å². The molecule has 3 N–H and O–H groups in total. The van der Waals surface area contributed by atoms with Crippen molar-refractivity contribution in [2.45, 2.75) is 13.0 Å². The molecule has 0 bridgehead atoms. The van der Waals surface area contributed by atoms with E-state index >= 15 is 0 Å². The first-order valence-corrected chi connectivity index (χ1v) is 8.17. The normalized spacial score (nSPS) is 15.8. The molecule has 0 saturated carbocycles. The SMILES string of the molecule is OCC1CNc2ccccc2C1.OCc1cnc2ccccc2c1. The molecule has 0 fully saturated rings. The zero-order valence-electron chi connectivity index (χ0n) is 13.5. The van der Waals surface area contributed by atoms with Crippen LogP contribution in [0.1, 0.15) is 11.1 Å². The number of para-hydroxylation sites is 2. The van der Waals surface area contributed by atoms with Gasteiger partial charge in [-0.25, -0.2) is 0 Å². The number of nitrogens with one attached hydrogen (secondary N) is 1. The molecule has 0 saturated heterocycles. The maximum atomic E-state index is 8.98. The number of aliphatic hydroxyl groups is 2. The van der Waals surface area contributed by atoms with Crippen molar-refractivity contribution in [3.63, 3.8) is 0 Å². The lowest BCUT2D eigenvalue weighted by molar-refractivity contribution is 0.230. The third-order valence-corrected chi connectivity index (χ3v) is 4.20. The van der Waals surface area contributed by atoms with Crippen LogP contribution in [0.3, 0.4) is 0 Å². The van der Waals surface area contributed by atoms with E-state index in [1.165, 1.54) is 11.3 Å². The molecule has 1 aromatic heterocycles. The summed E-state index contributed by atoms with van der Waals surface area (Å²) in [5.74, 6) is 0.389. The smallest absolute Gasteiger partial charge is 0.0702 e. The minimum Gasteiger partial charge on any atom is -0.396 e. The molecule has 4 nitrogen and oxygen atoms in total. The standard InChI is InChI=1S/C10H13NO.C10H9NO/c2*12-7-8-5-9-3-1-2-4-10(9)11-6-8/h1-4,8,11-12H,5-7H2;1-6,12H,7H2. The topological polar surface area (TPSA) is 65.4 Å². The molecule has 0 radical (unpaired) electrons. The fourth-order valence-electron chi connectivity index (χ4n) is 2.84. The molecule has 0 spiro atoms. The number of pyridine rings is 1. The van der Waals surface area contributed by atoms with Gasteiger partial charge in [0.05, 0.1) is 12.1 Å². The lowest BCUT2D eigenvalue weighted by Gasteiger charge is -2.24. The quantitative estimate of drug-likeness (QED) is 0.678. The first-order valence-electron chi connectivity index (χ1n) is 8.17. The van der Waals surface area contributed by atoms with Crippen molar-refractivity contribution in [1.82, 2.24) is 4.98 Å². The molecule has 124 valence electrons. The summed E-state index contributed by atoms with van der Waals surface area (Å²) in [6.45, 7) is 1.23. The second-order valence-corrected chi connectivity index (χ2v) is 5.99. The van der Waals surface area contributed by atoms with Crippen molar-refractivity contribution in [2.75, 3.05) is 18.5 Å². The zero-order chi connectivity index (χ0) is 16.8. The number of rotatable bonds is 2. The Morgan fingerprint density at radius 1 is 1.04 bits per heavy atom. The number of hydrogen-bond donors (Lipinski definition) is 3. The minimum atomic E-state index is 0.0534. The third kappa shape index (κ3) is 3.91. The summed E-state index contributed by atoms with van der Waals surface area (Å²) < 4.78 is 0. The molecular weight excluding hydrogens is 300 g/mol. The summed E-state index contributed by atoms with van der Waals surface area (Å²) in [5, 5.41) is 22.2. The molecule has 3 aromatic rings. The third-order valence-electron chi connectivity index (χ3n) is 4.20. The van der Waals surface area contributed by atoms with Gasteiger partial charge in [-0.05, 0) is 35.7 Å². The van der Waals surface area contributed by atoms with Crippen LogP contribution in [0.15, 0.2) is 60.8 Å². The molecule has 2 aromatic carbocycles. The van der Waals surface area contributed by atoms with Crippen LogP contribution < -0.4 is 5.32 Å². The van der Waals surface area contributed by atoms with Crippen LogP contribution in [0, 0.1) is 5.92 Å². The molecule has 1 unspecified atom stereocenters. The molecule has 2 heterocycles. The number of nitrogens with zero attached hydrogens (tertiary/aromatic N) is 1. The van der Waals surface area contributed by atoms with Crippen molar-refractivity contribution in [2.24, 2.45) is 5.92 Å². The van der Waals surface area contributed by atoms with Crippen molar-refractivity contribution >= 4 is 16.6 Å². The number of anilines is 1. The summed E-state index contributed by atoms with van der Waals surface area (Å²) >= 11 is 0. The fourth-order valence-corrected chi connectivity index (χ4v) is 2.84. The molecule has 4 heteroatoms. The van der Waals surface area contributed by atoms with Crippen LogP contribution >= 0.6 is 0 Å². The van der Waals surface area contributed by atoms with E-state index in [-0.39, 0.29) is 13.2 Å². The van der Waals surface area contributed by atoms with Gasteiger partial charge in [0.1, 0.15) is 0 Å². The van der Waals surface area contributed by atoms with Crippen molar-refractivity contribution in [3.8, 4) is 0 Å². The van der Waals surface area contributed by atoms with Crippen molar-refractivity contribution < 1.29 is 10.2 Å². The lowest BCUT2D eigenvalue weighted by atomic mass is 9.95. The van der Waals surface area contributed by atoms with E-state index in [9.17, 15) is 0 Å². The molecule has 0 amide bonds. The summed E-state index contributed by atoms with van der Waals surface area (Å²) in [5.41, 5.74) is 4.37. The van der Waals surface area contributed by atoms with Crippen molar-refractivity contribution in [3.05, 3.63) is 71.9 Å². The first-order chi connectivity index (χ1) is 11.8. The van der Waals surface area contributed by atoms with Crippen LogP contribution in [0.5, 0.6) is 0 Å². The monoisotopic (exact) mass is 322 g/mol. The second kappa shape index (κ2) is 7.90. The van der Waals surface area contributed by atoms with Crippen LogP contribution in [-0.2, 0) is 13.0 Å². The van der Waals surface area contributed by atoms with Gasteiger partial charge in [0.15, 0.2) is 0 Å². The number of hydrogen-bond acceptors (Lipinski definition) is 4. The van der Waals surface area contributed by atoms with Crippen LogP contribution in [0.2, 0.25) is 0 Å². The lowest BCUT2D eigenvalue weighted by Crippen LogP contribution is -2.25. The summed E-state index contributed by atoms with van der Waals surface area (Å²) in [6, 6.07) is 18.1. The highest BCUT2D eigenvalue weighted by molar-refractivity contribution is 5.78. The Morgan fingerprint density at radius 3 is 2.67 bits per heavy atom. The van der Waals surface area contributed by atoms with Gasteiger partial charge in [-0.1, -0.05) is 36.4 Å². The first kappa shape index (κ1) is 16.4. The van der Waals surface area contributed by atoms with Gasteiger partial charge in [0.25, 0.3) is 0 Å². The Hall–Kier alpha value is -2.43. The Bertz CT molecular complexity index is 804. The Kier molecular flexibility index (Phi) is 5.41. The van der Waals surface area contributed by atoms with E-state index in [1.54, 1.807) is 6.20 Å². The fraction of sp³-hybridized carbons (Fsp3) is 0.250. The van der Waals surface area contributed by atoms with E-state index in [0.29, 0.717) is 5.92 Å². The molecule has 1 atom stereocenters. The minimum absolute atomic E-state index is 0.0534. The van der Waals surface area contributed by atoms with E-state index in [1.807, 2.05) is 42.5 Å². The van der Waals surface area contributed by atoms with Crippen molar-refractivity contribution in [1.29, 1.82) is 0 Å². The predicted octanol–water partition coefficient (Wildman–Crippen LogP) is 2.99. The highest BCUT2D eigenvalue weighted by Crippen LogP contribution is 2.23. The van der Waals surface area contributed by atoms with Crippen LogP contribution in [0.4, 0.5) is 5.69 Å². The molecule has 24 heavy (non-hydrogen) atoms. The average molecular weight is 322 g/mol. The Balaban J connectivity index is 0.000000141. The van der Waals surface area contributed by atoms with Gasteiger partial charge in [-0.3, -0.25) is 4.98 Å². The van der Waals surface area contributed by atoms with Crippen LogP contribution in [0.25, 0.3) is 10.9 Å². The average Bonchev–Trinajstić information content (AvgIpc) is 2.67. The maximum absolute atomic E-state index is 8.98. The molecular formula is C20H22N2O2. The molecule has 4 rings (SSSR count). The second-order valence-electron chi connectivity index (χ2n) is 5.99. The van der Waals surface area contributed by atoms with E-state index in [2.05, 4.69) is 22.4 Å². The number of aliphatic hydroxyl groups excluding tert-OH is 2. The highest BCUT2D eigenvalue weighted by Gasteiger charge is 2.15. The van der Waals surface area contributed by atoms with Gasteiger partial charge in [0.2, 0.25) is 0 Å². The van der Waals surface area contributed by atoms with E-state index in [4.69, 9.17) is 10.2 Å². The van der Waals surface area contributed by atoms with Gasteiger partial charge in [0, 0.05) is 36.3 Å². The summed E-state index contributed by atoms with van der Waals surface area (Å²) in [4.78, 5) is 4.19. The Labute approximate surface area is 141 Å². The summed E-state index contributed by atoms with van der Waals surface area (Å²) in [6.07, 6.45) is 2.70. The van der Waals surface area contributed by atoms with Crippen LogP contribution in [-0.4, -0.2) is 28.3 Å². The summed E-state index contributed by atoms with van der Waals surface area (Å²) in [7, 11) is 0. The highest BCUT2D eigenvalue weighted by atomic mass is 16.3. The van der Waals surface area contributed by atoms with Gasteiger partial charge < -0.3 is 15.5 Å². The van der Waals surface area contributed by atoms with Gasteiger partial charge in [-0.2, -0.15) is 0 Å². The zero-order valence-corrected chi connectivity index (χ0v) is 13.5. The van der Waals surface area contributed by atoms with E-state index in [0.717, 1.165) is 29.4 Å². The maximum Gasteiger partial charge on any atom is 0.0702 e. The van der Waals surface area contributed by atoms with Gasteiger partial charge in [-0.15, -0.1) is 0 Å². The predicted molar refractivity (Wildman–Crippen MR) is 96.9 cm³/mol. The molecule has 1 aliphatic rings. The number of benzene rings is 2. The molecule has 0 aliphatic carbocycles. The number of aromatic nitrogens is 1. The largest absolute Gasteiger partial charge is 0.396 e. The molecule has 1 aliphatic heterocycles. The number of fused-ring (bicyclic) bond motifs is 2.